The second kappa shape index (κ2) is 5.07. The van der Waals surface area contributed by atoms with Gasteiger partial charge in [-0.15, -0.1) is 0 Å². The fourth-order valence-electron chi connectivity index (χ4n) is 2.39. The van der Waals surface area contributed by atoms with Crippen molar-refractivity contribution in [3.63, 3.8) is 0 Å². The van der Waals surface area contributed by atoms with Crippen LogP contribution in [-0.4, -0.2) is 37.0 Å². The van der Waals surface area contributed by atoms with Gasteiger partial charge < -0.3 is 10.8 Å². The molecule has 1 saturated heterocycles. The Morgan fingerprint density at radius 1 is 1.53 bits per heavy atom. The number of benzene rings is 1. The van der Waals surface area contributed by atoms with Crippen LogP contribution in [0, 0.1) is 12.7 Å². The van der Waals surface area contributed by atoms with Crippen LogP contribution in [0.15, 0.2) is 17.0 Å². The number of aryl methyl sites for hydroxylation is 1. The van der Waals surface area contributed by atoms with Gasteiger partial charge in [0.25, 0.3) is 0 Å². The van der Waals surface area contributed by atoms with Crippen molar-refractivity contribution in [2.45, 2.75) is 30.7 Å². The van der Waals surface area contributed by atoms with Gasteiger partial charge in [0.05, 0.1) is 6.61 Å². The Hall–Kier alpha value is -1.18. The maximum Gasteiger partial charge on any atom is 0.246 e. The van der Waals surface area contributed by atoms with Crippen LogP contribution >= 0.6 is 0 Å². The predicted molar refractivity (Wildman–Crippen MR) is 69.5 cm³/mol. The van der Waals surface area contributed by atoms with Crippen molar-refractivity contribution in [1.82, 2.24) is 4.31 Å². The first-order valence-electron chi connectivity index (χ1n) is 6.06. The predicted octanol–water partition coefficient (Wildman–Crippen LogP) is 0.862. The van der Waals surface area contributed by atoms with Crippen molar-refractivity contribution in [1.29, 1.82) is 0 Å². The van der Waals surface area contributed by atoms with Crippen LogP contribution in [0.25, 0.3) is 0 Å². The minimum Gasteiger partial charge on any atom is -0.399 e. The van der Waals surface area contributed by atoms with E-state index in [1.807, 2.05) is 0 Å². The average molecular weight is 288 g/mol. The highest BCUT2D eigenvalue weighted by atomic mass is 32.2. The van der Waals surface area contributed by atoms with Gasteiger partial charge in [0, 0.05) is 18.3 Å². The standard InChI is InChI=1S/C12H17FN2O3S/c1-8-5-9(14)6-11(12(8)13)19(17,18)15-4-2-3-10(15)7-16/h5-6,10,16H,2-4,7,14H2,1H3. The Morgan fingerprint density at radius 3 is 2.84 bits per heavy atom. The molecule has 5 nitrogen and oxygen atoms in total. The van der Waals surface area contributed by atoms with Crippen molar-refractivity contribution in [2.24, 2.45) is 0 Å². The Kier molecular flexibility index (Phi) is 3.80. The molecule has 1 aliphatic rings. The Bertz CT molecular complexity index is 589. The lowest BCUT2D eigenvalue weighted by Crippen LogP contribution is -2.38. The minimum absolute atomic E-state index is 0.193. The van der Waals surface area contributed by atoms with E-state index >= 15 is 0 Å². The molecule has 2 rings (SSSR count). The number of hydrogen-bond donors (Lipinski definition) is 2. The highest BCUT2D eigenvalue weighted by molar-refractivity contribution is 7.89. The fourth-order valence-corrected chi connectivity index (χ4v) is 4.25. The van der Waals surface area contributed by atoms with Crippen LogP contribution in [0.5, 0.6) is 0 Å². The summed E-state index contributed by atoms with van der Waals surface area (Å²) in [7, 11) is -3.96. The second-order valence-corrected chi connectivity index (χ2v) is 6.60. The third-order valence-electron chi connectivity index (χ3n) is 3.36. The average Bonchev–Trinajstić information content (AvgIpc) is 2.82. The summed E-state index contributed by atoms with van der Waals surface area (Å²) in [6, 6.07) is 2.04. The number of anilines is 1. The molecule has 0 aromatic heterocycles. The normalized spacial score (nSPS) is 20.9. The summed E-state index contributed by atoms with van der Waals surface area (Å²) < 4.78 is 40.1. The molecule has 1 unspecified atom stereocenters. The van der Waals surface area contributed by atoms with E-state index in [-0.39, 0.29) is 17.9 Å². The zero-order valence-corrected chi connectivity index (χ0v) is 11.5. The Labute approximate surface area is 111 Å². The minimum atomic E-state index is -3.96. The van der Waals surface area contributed by atoms with E-state index in [0.29, 0.717) is 19.4 Å². The number of halogens is 1. The monoisotopic (exact) mass is 288 g/mol. The zero-order valence-electron chi connectivity index (χ0n) is 10.6. The molecule has 3 N–H and O–H groups in total. The molecule has 1 atom stereocenters. The first kappa shape index (κ1) is 14.2. The van der Waals surface area contributed by atoms with Gasteiger partial charge in [0.2, 0.25) is 10.0 Å². The zero-order chi connectivity index (χ0) is 14.2. The Balaban J connectivity index is 2.51. The second-order valence-electron chi connectivity index (χ2n) is 4.74. The molecule has 1 fully saturated rings. The summed E-state index contributed by atoms with van der Waals surface area (Å²) in [4.78, 5) is -0.412. The smallest absolute Gasteiger partial charge is 0.246 e. The number of aliphatic hydroxyl groups excluding tert-OH is 1. The van der Waals surface area contributed by atoms with Gasteiger partial charge in [0.1, 0.15) is 10.7 Å². The summed E-state index contributed by atoms with van der Waals surface area (Å²) >= 11 is 0. The first-order valence-corrected chi connectivity index (χ1v) is 7.50. The van der Waals surface area contributed by atoms with Crippen LogP contribution < -0.4 is 5.73 Å². The third kappa shape index (κ3) is 2.45. The van der Waals surface area contributed by atoms with Crippen LogP contribution in [0.3, 0.4) is 0 Å². The highest BCUT2D eigenvalue weighted by Crippen LogP contribution is 2.29. The lowest BCUT2D eigenvalue weighted by atomic mass is 10.2. The van der Waals surface area contributed by atoms with Gasteiger partial charge in [-0.25, -0.2) is 12.8 Å². The van der Waals surface area contributed by atoms with Gasteiger partial charge >= 0.3 is 0 Å². The molecule has 0 spiro atoms. The molecule has 19 heavy (non-hydrogen) atoms. The van der Waals surface area contributed by atoms with Crippen molar-refractivity contribution in [3.8, 4) is 0 Å². The molecule has 106 valence electrons. The molecule has 0 radical (unpaired) electrons. The molecule has 0 aliphatic carbocycles. The van der Waals surface area contributed by atoms with Gasteiger partial charge in [0.15, 0.2) is 0 Å². The fraction of sp³-hybridized carbons (Fsp3) is 0.500. The molecule has 7 heteroatoms. The summed E-state index contributed by atoms with van der Waals surface area (Å²) in [5.74, 6) is -0.780. The van der Waals surface area contributed by atoms with E-state index in [2.05, 4.69) is 0 Å². The number of nitrogen functional groups attached to an aromatic ring is 1. The van der Waals surface area contributed by atoms with Crippen molar-refractivity contribution >= 4 is 15.7 Å². The van der Waals surface area contributed by atoms with Crippen molar-refractivity contribution in [2.75, 3.05) is 18.9 Å². The number of hydrogen-bond acceptors (Lipinski definition) is 4. The van der Waals surface area contributed by atoms with E-state index in [9.17, 15) is 17.9 Å². The number of aliphatic hydroxyl groups is 1. The van der Waals surface area contributed by atoms with Crippen LogP contribution in [0.2, 0.25) is 0 Å². The van der Waals surface area contributed by atoms with E-state index < -0.39 is 26.8 Å². The highest BCUT2D eigenvalue weighted by Gasteiger charge is 2.36. The molecule has 1 aromatic carbocycles. The summed E-state index contributed by atoms with van der Waals surface area (Å²) in [5.41, 5.74) is 5.99. The van der Waals surface area contributed by atoms with Gasteiger partial charge in [-0.3, -0.25) is 0 Å². The first-order chi connectivity index (χ1) is 8.87. The number of rotatable bonds is 3. The topological polar surface area (TPSA) is 83.6 Å². The molecule has 1 aromatic rings. The molecule has 0 amide bonds. The number of sulfonamides is 1. The maximum absolute atomic E-state index is 14.0. The van der Waals surface area contributed by atoms with Crippen molar-refractivity contribution in [3.05, 3.63) is 23.5 Å². The summed E-state index contributed by atoms with van der Waals surface area (Å²) in [6.45, 7) is 1.50. The van der Waals surface area contributed by atoms with Gasteiger partial charge in [-0.2, -0.15) is 4.31 Å². The van der Waals surface area contributed by atoms with E-state index in [4.69, 9.17) is 5.73 Å². The van der Waals surface area contributed by atoms with Crippen LogP contribution in [-0.2, 0) is 10.0 Å². The van der Waals surface area contributed by atoms with E-state index in [0.717, 1.165) is 10.4 Å². The van der Waals surface area contributed by atoms with E-state index in [1.54, 1.807) is 0 Å². The largest absolute Gasteiger partial charge is 0.399 e. The SMILES string of the molecule is Cc1cc(N)cc(S(=O)(=O)N2CCCC2CO)c1F. The summed E-state index contributed by atoms with van der Waals surface area (Å²) in [6.07, 6.45) is 1.24. The third-order valence-corrected chi connectivity index (χ3v) is 5.32. The number of nitrogens with zero attached hydrogens (tertiary/aromatic N) is 1. The van der Waals surface area contributed by atoms with E-state index in [1.165, 1.54) is 13.0 Å². The van der Waals surface area contributed by atoms with Gasteiger partial charge in [-0.1, -0.05) is 0 Å². The lowest BCUT2D eigenvalue weighted by Gasteiger charge is -2.23. The quantitative estimate of drug-likeness (QED) is 0.808. The molecular weight excluding hydrogens is 271 g/mol. The number of nitrogens with two attached hydrogens (primary N) is 1. The lowest BCUT2D eigenvalue weighted by molar-refractivity contribution is 0.213. The molecule has 0 saturated carbocycles. The van der Waals surface area contributed by atoms with Crippen LogP contribution in [0.4, 0.5) is 10.1 Å². The van der Waals surface area contributed by atoms with Gasteiger partial charge in [-0.05, 0) is 37.5 Å². The van der Waals surface area contributed by atoms with Crippen molar-refractivity contribution < 1.29 is 17.9 Å². The summed E-state index contributed by atoms with van der Waals surface area (Å²) in [5, 5.41) is 9.20. The van der Waals surface area contributed by atoms with Crippen LogP contribution in [0.1, 0.15) is 18.4 Å². The maximum atomic E-state index is 14.0. The molecule has 1 aliphatic heterocycles. The molecule has 1 heterocycles. The molecule has 0 bridgehead atoms. The Morgan fingerprint density at radius 2 is 2.21 bits per heavy atom. The molecular formula is C12H17FN2O3S.